The number of hydrogen-bond donors (Lipinski definition) is 1. The molecule has 0 aromatic heterocycles. The van der Waals surface area contributed by atoms with Crippen molar-refractivity contribution in [2.24, 2.45) is 0 Å². The van der Waals surface area contributed by atoms with Gasteiger partial charge >= 0.3 is 0 Å². The number of rotatable bonds is 5. The third-order valence-electron chi connectivity index (χ3n) is 4.50. The van der Waals surface area contributed by atoms with Crippen LogP contribution in [0.3, 0.4) is 0 Å². The number of hydrogen-bond acceptors (Lipinski definition) is 2. The Hall–Kier alpha value is -0.930. The second kappa shape index (κ2) is 7.19. The fourth-order valence-electron chi connectivity index (χ4n) is 3.32. The van der Waals surface area contributed by atoms with Gasteiger partial charge in [-0.05, 0) is 39.3 Å². The molecule has 1 N–H and O–H groups in total. The summed E-state index contributed by atoms with van der Waals surface area (Å²) in [5, 5.41) is 3.45. The Morgan fingerprint density at radius 2 is 1.90 bits per heavy atom. The van der Waals surface area contributed by atoms with Gasteiger partial charge in [-0.1, -0.05) is 31.5 Å². The zero-order chi connectivity index (χ0) is 14.5. The van der Waals surface area contributed by atoms with Crippen LogP contribution < -0.4 is 5.32 Å². The van der Waals surface area contributed by atoms with Crippen molar-refractivity contribution >= 4 is 0 Å². The summed E-state index contributed by atoms with van der Waals surface area (Å²) in [6.45, 7) is 8.41. The summed E-state index contributed by atoms with van der Waals surface area (Å²) in [5.41, 5.74) is 0.791. The molecule has 3 atom stereocenters. The molecule has 0 saturated carbocycles. The predicted octanol–water partition coefficient (Wildman–Crippen LogP) is 3.74. The lowest BCUT2D eigenvalue weighted by Gasteiger charge is -2.41. The van der Waals surface area contributed by atoms with Gasteiger partial charge in [0.2, 0.25) is 0 Å². The van der Waals surface area contributed by atoms with Gasteiger partial charge in [-0.3, -0.25) is 4.90 Å². The Morgan fingerprint density at radius 3 is 2.50 bits per heavy atom. The maximum atomic E-state index is 14.1. The zero-order valence-electron chi connectivity index (χ0n) is 12.9. The Kier molecular flexibility index (Phi) is 5.55. The van der Waals surface area contributed by atoms with E-state index in [1.54, 1.807) is 12.1 Å². The van der Waals surface area contributed by atoms with E-state index in [0.717, 1.165) is 18.7 Å². The van der Waals surface area contributed by atoms with Gasteiger partial charge in [0.1, 0.15) is 5.82 Å². The number of nitrogens with zero attached hydrogens (tertiary/aromatic N) is 1. The molecular weight excluding hydrogens is 251 g/mol. The maximum Gasteiger partial charge on any atom is 0.128 e. The van der Waals surface area contributed by atoms with E-state index < -0.39 is 0 Å². The molecule has 1 heterocycles. The molecule has 0 amide bonds. The fraction of sp³-hybridized carbons (Fsp3) is 0.647. The normalized spacial score (nSPS) is 25.6. The van der Waals surface area contributed by atoms with Gasteiger partial charge in [0.15, 0.2) is 0 Å². The Bertz CT molecular complexity index is 411. The topological polar surface area (TPSA) is 15.3 Å². The summed E-state index contributed by atoms with van der Waals surface area (Å²) in [4.78, 5) is 2.53. The molecule has 1 aliphatic rings. The van der Waals surface area contributed by atoms with Crippen LogP contribution in [-0.4, -0.2) is 30.1 Å². The van der Waals surface area contributed by atoms with E-state index in [4.69, 9.17) is 0 Å². The van der Waals surface area contributed by atoms with E-state index in [0.29, 0.717) is 12.1 Å². The van der Waals surface area contributed by atoms with Crippen LogP contribution in [0.4, 0.5) is 4.39 Å². The highest BCUT2D eigenvalue weighted by molar-refractivity contribution is 5.21. The van der Waals surface area contributed by atoms with Gasteiger partial charge in [0.25, 0.3) is 0 Å². The molecule has 3 heteroatoms. The number of piperidine rings is 1. The number of likely N-dealkylation sites (tertiary alicyclic amines) is 1. The molecule has 1 aliphatic heterocycles. The monoisotopic (exact) mass is 278 g/mol. The average molecular weight is 278 g/mol. The lowest BCUT2D eigenvalue weighted by molar-refractivity contribution is 0.0905. The molecule has 2 rings (SSSR count). The third kappa shape index (κ3) is 3.58. The first-order valence-corrected chi connectivity index (χ1v) is 7.87. The smallest absolute Gasteiger partial charge is 0.128 e. The van der Waals surface area contributed by atoms with E-state index >= 15 is 0 Å². The van der Waals surface area contributed by atoms with Gasteiger partial charge < -0.3 is 5.32 Å². The van der Waals surface area contributed by atoms with Crippen LogP contribution in [0.1, 0.15) is 51.6 Å². The number of halogens is 1. The maximum absolute atomic E-state index is 14.1. The van der Waals surface area contributed by atoms with Gasteiger partial charge in [0, 0.05) is 30.2 Å². The van der Waals surface area contributed by atoms with Gasteiger partial charge in [-0.15, -0.1) is 0 Å². The number of likely N-dealkylation sites (N-methyl/N-ethyl adjacent to an activating group) is 1. The molecule has 112 valence electrons. The van der Waals surface area contributed by atoms with E-state index in [1.165, 1.54) is 19.3 Å². The quantitative estimate of drug-likeness (QED) is 0.882. The van der Waals surface area contributed by atoms with Crippen LogP contribution in [0.2, 0.25) is 0 Å². The lowest BCUT2D eigenvalue weighted by Crippen LogP contribution is -2.47. The third-order valence-corrected chi connectivity index (χ3v) is 4.50. The first-order valence-electron chi connectivity index (χ1n) is 7.87. The Labute approximate surface area is 122 Å². The minimum Gasteiger partial charge on any atom is -0.309 e. The number of nitrogens with one attached hydrogen (secondary N) is 1. The van der Waals surface area contributed by atoms with Gasteiger partial charge in [0.05, 0.1) is 0 Å². The van der Waals surface area contributed by atoms with Crippen molar-refractivity contribution in [3.63, 3.8) is 0 Å². The van der Waals surface area contributed by atoms with Crippen LogP contribution in [0, 0.1) is 5.82 Å². The molecule has 2 nitrogen and oxygen atoms in total. The van der Waals surface area contributed by atoms with Crippen LogP contribution in [0.15, 0.2) is 24.3 Å². The molecule has 20 heavy (non-hydrogen) atoms. The molecule has 1 unspecified atom stereocenters. The summed E-state index contributed by atoms with van der Waals surface area (Å²) < 4.78 is 14.1. The molecule has 0 spiro atoms. The number of benzene rings is 1. The molecule has 0 radical (unpaired) electrons. The average Bonchev–Trinajstić information content (AvgIpc) is 2.43. The van der Waals surface area contributed by atoms with Crippen molar-refractivity contribution in [1.29, 1.82) is 0 Å². The highest BCUT2D eigenvalue weighted by Crippen LogP contribution is 2.26. The van der Waals surface area contributed by atoms with E-state index in [9.17, 15) is 4.39 Å². The minimum atomic E-state index is -0.101. The van der Waals surface area contributed by atoms with E-state index in [-0.39, 0.29) is 11.9 Å². The van der Waals surface area contributed by atoms with Crippen molar-refractivity contribution in [2.75, 3.05) is 13.1 Å². The molecule has 1 aromatic carbocycles. The first kappa shape index (κ1) is 15.5. The van der Waals surface area contributed by atoms with Crippen molar-refractivity contribution in [2.45, 2.75) is 58.2 Å². The van der Waals surface area contributed by atoms with Crippen LogP contribution in [0.5, 0.6) is 0 Å². The van der Waals surface area contributed by atoms with Crippen LogP contribution in [-0.2, 0) is 0 Å². The van der Waals surface area contributed by atoms with Crippen molar-refractivity contribution in [3.05, 3.63) is 35.6 Å². The minimum absolute atomic E-state index is 0.0733. The highest BCUT2D eigenvalue weighted by atomic mass is 19.1. The lowest BCUT2D eigenvalue weighted by atomic mass is 9.95. The van der Waals surface area contributed by atoms with Crippen molar-refractivity contribution in [3.8, 4) is 0 Å². The summed E-state index contributed by atoms with van der Waals surface area (Å²) in [6.07, 6.45) is 3.81. The molecular formula is C17H27FN2. The van der Waals surface area contributed by atoms with E-state index in [1.807, 2.05) is 12.1 Å². The Morgan fingerprint density at radius 1 is 1.25 bits per heavy atom. The first-order chi connectivity index (χ1) is 9.63. The predicted molar refractivity (Wildman–Crippen MR) is 82.3 cm³/mol. The molecule has 1 saturated heterocycles. The zero-order valence-corrected chi connectivity index (χ0v) is 12.9. The van der Waals surface area contributed by atoms with Gasteiger partial charge in [-0.2, -0.15) is 0 Å². The summed E-state index contributed by atoms with van der Waals surface area (Å²) in [5.74, 6) is -0.101. The summed E-state index contributed by atoms with van der Waals surface area (Å²) in [7, 11) is 0. The van der Waals surface area contributed by atoms with E-state index in [2.05, 4.69) is 31.0 Å². The van der Waals surface area contributed by atoms with Crippen LogP contribution >= 0.6 is 0 Å². The SMILES string of the molecule is CCNC(CN1[C@H](C)CCC[C@@H]1C)c1ccccc1F. The summed E-state index contributed by atoms with van der Waals surface area (Å²) >= 11 is 0. The molecule has 1 fully saturated rings. The van der Waals surface area contributed by atoms with Crippen molar-refractivity contribution in [1.82, 2.24) is 10.2 Å². The van der Waals surface area contributed by atoms with Gasteiger partial charge in [-0.25, -0.2) is 4.39 Å². The standard InChI is InChI=1S/C17H27FN2/c1-4-19-17(15-10-5-6-11-16(15)18)12-20-13(2)8-7-9-14(20)3/h5-6,10-11,13-14,17,19H,4,7-9,12H2,1-3H3/t13-,14+,17?. The van der Waals surface area contributed by atoms with Crippen LogP contribution in [0.25, 0.3) is 0 Å². The summed E-state index contributed by atoms with van der Waals surface area (Å²) in [6, 6.07) is 8.40. The largest absolute Gasteiger partial charge is 0.309 e. The molecule has 1 aromatic rings. The highest BCUT2D eigenvalue weighted by Gasteiger charge is 2.28. The van der Waals surface area contributed by atoms with Crippen molar-refractivity contribution < 1.29 is 4.39 Å². The second-order valence-electron chi connectivity index (χ2n) is 5.96. The Balaban J connectivity index is 2.15. The molecule has 0 bridgehead atoms. The molecule has 0 aliphatic carbocycles. The second-order valence-corrected chi connectivity index (χ2v) is 5.96. The fourth-order valence-corrected chi connectivity index (χ4v) is 3.32.